The second-order valence-electron chi connectivity index (χ2n) is 7.16. The Morgan fingerprint density at radius 2 is 1.97 bits per heavy atom. The van der Waals surface area contributed by atoms with Gasteiger partial charge < -0.3 is 19.5 Å². The van der Waals surface area contributed by atoms with Crippen molar-refractivity contribution in [2.24, 2.45) is 4.99 Å². The highest BCUT2D eigenvalue weighted by molar-refractivity contribution is 14.0. The van der Waals surface area contributed by atoms with Crippen molar-refractivity contribution in [2.75, 3.05) is 46.4 Å². The van der Waals surface area contributed by atoms with Gasteiger partial charge in [0.15, 0.2) is 5.96 Å². The molecule has 166 valence electrons. The maximum absolute atomic E-state index is 13.2. The number of aryl methyl sites for hydroxylation is 1. The molecule has 0 amide bonds. The highest BCUT2D eigenvalue weighted by Gasteiger charge is 2.21. The van der Waals surface area contributed by atoms with E-state index in [4.69, 9.17) is 14.3 Å². The molecule has 9 heteroatoms. The topological polar surface area (TPSA) is 66.1 Å². The lowest BCUT2D eigenvalue weighted by molar-refractivity contribution is 0.110. The molecule has 1 aliphatic rings. The molecular formula is C21H31FIN5O2. The van der Waals surface area contributed by atoms with Crippen molar-refractivity contribution in [3.8, 4) is 0 Å². The van der Waals surface area contributed by atoms with Crippen LogP contribution < -0.4 is 5.32 Å². The third-order valence-electron chi connectivity index (χ3n) is 5.00. The smallest absolute Gasteiger partial charge is 0.194 e. The summed E-state index contributed by atoms with van der Waals surface area (Å²) in [5.41, 5.74) is 1.89. The van der Waals surface area contributed by atoms with Gasteiger partial charge >= 0.3 is 0 Å². The number of hydrogen-bond acceptors (Lipinski definition) is 5. The minimum atomic E-state index is -0.251. The molecule has 2 heterocycles. The first kappa shape index (κ1) is 24.5. The van der Waals surface area contributed by atoms with Crippen LogP contribution in [0.3, 0.4) is 0 Å². The summed E-state index contributed by atoms with van der Waals surface area (Å²) in [4.78, 5) is 9.42. The number of methoxy groups -OCH3 is 1. The Labute approximate surface area is 194 Å². The number of nitrogens with one attached hydrogen (secondary N) is 1. The van der Waals surface area contributed by atoms with E-state index in [0.29, 0.717) is 6.54 Å². The van der Waals surface area contributed by atoms with Crippen LogP contribution in [0.4, 0.5) is 4.39 Å². The Morgan fingerprint density at radius 1 is 1.27 bits per heavy atom. The third kappa shape index (κ3) is 6.92. The van der Waals surface area contributed by atoms with E-state index in [1.807, 2.05) is 13.0 Å². The summed E-state index contributed by atoms with van der Waals surface area (Å²) in [5.74, 6) is 1.47. The quantitative estimate of drug-likeness (QED) is 0.337. The SMILES string of the molecule is CCNC(=NCC(OC)c1ccc(F)cc1)N1CCN(Cc2cc(C)on2)CC1.I. The van der Waals surface area contributed by atoms with Crippen LogP contribution in [-0.2, 0) is 11.3 Å². The van der Waals surface area contributed by atoms with Gasteiger partial charge in [-0.05, 0) is 31.5 Å². The summed E-state index contributed by atoms with van der Waals surface area (Å²) in [6.45, 7) is 9.68. The maximum Gasteiger partial charge on any atom is 0.194 e. The average molecular weight is 531 g/mol. The van der Waals surface area contributed by atoms with Gasteiger partial charge in [-0.25, -0.2) is 4.39 Å². The van der Waals surface area contributed by atoms with Gasteiger partial charge in [0.1, 0.15) is 17.7 Å². The largest absolute Gasteiger partial charge is 0.375 e. The molecule has 0 aliphatic carbocycles. The molecule has 1 aromatic carbocycles. The van der Waals surface area contributed by atoms with Crippen LogP contribution in [0.5, 0.6) is 0 Å². The van der Waals surface area contributed by atoms with Crippen LogP contribution in [0, 0.1) is 12.7 Å². The molecule has 1 aromatic heterocycles. The Bertz CT molecular complexity index is 791. The van der Waals surface area contributed by atoms with Crippen LogP contribution in [-0.4, -0.2) is 67.3 Å². The Balaban J connectivity index is 0.00000320. The summed E-state index contributed by atoms with van der Waals surface area (Å²) in [7, 11) is 1.65. The van der Waals surface area contributed by atoms with Crippen LogP contribution in [0.15, 0.2) is 39.8 Å². The molecule has 0 bridgehead atoms. The molecule has 1 fully saturated rings. The van der Waals surface area contributed by atoms with Gasteiger partial charge in [0, 0.05) is 52.4 Å². The number of rotatable bonds is 7. The molecule has 30 heavy (non-hydrogen) atoms. The van der Waals surface area contributed by atoms with Gasteiger partial charge in [-0.3, -0.25) is 9.89 Å². The van der Waals surface area contributed by atoms with Crippen LogP contribution in [0.25, 0.3) is 0 Å². The number of aromatic nitrogens is 1. The van der Waals surface area contributed by atoms with Crippen molar-refractivity contribution >= 4 is 29.9 Å². The lowest BCUT2D eigenvalue weighted by Gasteiger charge is -2.36. The first-order chi connectivity index (χ1) is 14.1. The maximum atomic E-state index is 13.2. The number of aliphatic imine (C=N–C) groups is 1. The van der Waals surface area contributed by atoms with E-state index < -0.39 is 0 Å². The highest BCUT2D eigenvalue weighted by atomic mass is 127. The summed E-state index contributed by atoms with van der Waals surface area (Å²) in [5, 5.41) is 7.46. The lowest BCUT2D eigenvalue weighted by Crippen LogP contribution is -2.52. The van der Waals surface area contributed by atoms with E-state index >= 15 is 0 Å². The fourth-order valence-corrected chi connectivity index (χ4v) is 3.43. The van der Waals surface area contributed by atoms with E-state index in [2.05, 4.69) is 27.2 Å². The molecule has 2 aromatic rings. The number of benzene rings is 1. The van der Waals surface area contributed by atoms with Gasteiger partial charge in [0.25, 0.3) is 0 Å². The lowest BCUT2D eigenvalue weighted by atomic mass is 10.1. The van der Waals surface area contributed by atoms with Gasteiger partial charge in [0.2, 0.25) is 0 Å². The second-order valence-corrected chi connectivity index (χ2v) is 7.16. The zero-order valence-electron chi connectivity index (χ0n) is 17.8. The van der Waals surface area contributed by atoms with Crippen molar-refractivity contribution in [1.82, 2.24) is 20.3 Å². The number of halogens is 2. The predicted molar refractivity (Wildman–Crippen MR) is 126 cm³/mol. The number of nitrogens with zero attached hydrogens (tertiary/aromatic N) is 4. The molecule has 0 spiro atoms. The molecule has 1 atom stereocenters. The van der Waals surface area contributed by atoms with Gasteiger partial charge in [-0.15, -0.1) is 24.0 Å². The van der Waals surface area contributed by atoms with Crippen molar-refractivity contribution in [3.05, 3.63) is 53.2 Å². The summed E-state index contributed by atoms with van der Waals surface area (Å²) >= 11 is 0. The zero-order valence-corrected chi connectivity index (χ0v) is 20.1. The third-order valence-corrected chi connectivity index (χ3v) is 5.00. The van der Waals surface area contributed by atoms with Crippen molar-refractivity contribution in [2.45, 2.75) is 26.5 Å². The minimum absolute atomic E-state index is 0. The fraction of sp³-hybridized carbons (Fsp3) is 0.524. The number of guanidine groups is 1. The Morgan fingerprint density at radius 3 is 2.53 bits per heavy atom. The normalized spacial score (nSPS) is 16.3. The molecule has 3 rings (SSSR count). The fourth-order valence-electron chi connectivity index (χ4n) is 3.43. The van der Waals surface area contributed by atoms with E-state index in [9.17, 15) is 4.39 Å². The molecule has 0 saturated carbocycles. The van der Waals surface area contributed by atoms with Gasteiger partial charge in [-0.1, -0.05) is 17.3 Å². The van der Waals surface area contributed by atoms with Crippen molar-refractivity contribution < 1.29 is 13.7 Å². The van der Waals surface area contributed by atoms with E-state index in [-0.39, 0.29) is 35.9 Å². The van der Waals surface area contributed by atoms with Crippen LogP contribution in [0.2, 0.25) is 0 Å². The van der Waals surface area contributed by atoms with E-state index in [0.717, 1.165) is 62.2 Å². The van der Waals surface area contributed by atoms with Gasteiger partial charge in [-0.2, -0.15) is 0 Å². The molecule has 1 unspecified atom stereocenters. The second kappa shape index (κ2) is 12.2. The molecule has 1 saturated heterocycles. The average Bonchev–Trinajstić information content (AvgIpc) is 3.14. The standard InChI is InChI=1S/C21H30FN5O2.HI/c1-4-23-21(24-14-20(28-3)17-5-7-18(22)8-6-17)27-11-9-26(10-12-27)15-19-13-16(2)29-25-19;/h5-8,13,20H,4,9-12,14-15H2,1-3H3,(H,23,24);1H. The summed E-state index contributed by atoms with van der Waals surface area (Å²) < 4.78 is 23.9. The van der Waals surface area contributed by atoms with Crippen LogP contribution >= 0.6 is 24.0 Å². The monoisotopic (exact) mass is 531 g/mol. The minimum Gasteiger partial charge on any atom is -0.375 e. The first-order valence-corrected chi connectivity index (χ1v) is 10.0. The molecular weight excluding hydrogens is 500 g/mol. The first-order valence-electron chi connectivity index (χ1n) is 10.0. The number of ether oxygens (including phenoxy) is 1. The number of hydrogen-bond donors (Lipinski definition) is 1. The van der Waals surface area contributed by atoms with Crippen molar-refractivity contribution in [1.29, 1.82) is 0 Å². The summed E-state index contributed by atoms with van der Waals surface area (Å²) in [6.07, 6.45) is -0.207. The highest BCUT2D eigenvalue weighted by Crippen LogP contribution is 2.18. The Kier molecular flexibility index (Phi) is 9.99. The molecule has 0 radical (unpaired) electrons. The molecule has 7 nitrogen and oxygen atoms in total. The Hall–Kier alpha value is -1.72. The molecule has 1 aliphatic heterocycles. The van der Waals surface area contributed by atoms with Crippen LogP contribution in [0.1, 0.15) is 30.0 Å². The summed E-state index contributed by atoms with van der Waals surface area (Å²) in [6, 6.07) is 8.38. The molecule has 1 N–H and O–H groups in total. The van der Waals surface area contributed by atoms with E-state index in [1.54, 1.807) is 19.2 Å². The predicted octanol–water partition coefficient (Wildman–Crippen LogP) is 3.21. The van der Waals surface area contributed by atoms with Gasteiger partial charge in [0.05, 0.1) is 12.2 Å². The zero-order chi connectivity index (χ0) is 20.6. The number of piperazine rings is 1. The van der Waals surface area contributed by atoms with Crippen molar-refractivity contribution in [3.63, 3.8) is 0 Å². The van der Waals surface area contributed by atoms with E-state index in [1.165, 1.54) is 12.1 Å².